The minimum absolute atomic E-state index is 0.0301. The van der Waals surface area contributed by atoms with E-state index in [9.17, 15) is 4.79 Å². The van der Waals surface area contributed by atoms with Crippen LogP contribution < -0.4 is 11.1 Å². The van der Waals surface area contributed by atoms with Crippen molar-refractivity contribution < 1.29 is 4.79 Å². The number of carbonyl (C=O) groups excluding carboxylic acids is 1. The zero-order valence-corrected chi connectivity index (χ0v) is 12.6. The number of hydrogen-bond acceptors (Lipinski definition) is 2. The van der Waals surface area contributed by atoms with Crippen LogP contribution in [-0.2, 0) is 4.79 Å². The zero-order valence-electron chi connectivity index (χ0n) is 11.8. The Morgan fingerprint density at radius 1 is 1.33 bits per heavy atom. The van der Waals surface area contributed by atoms with E-state index >= 15 is 0 Å². The van der Waals surface area contributed by atoms with Crippen LogP contribution in [0.3, 0.4) is 0 Å². The Morgan fingerprint density at radius 2 is 1.89 bits per heavy atom. The van der Waals surface area contributed by atoms with Gasteiger partial charge in [-0.3, -0.25) is 4.79 Å². The van der Waals surface area contributed by atoms with Crippen LogP contribution in [0.5, 0.6) is 0 Å². The summed E-state index contributed by atoms with van der Waals surface area (Å²) < 4.78 is 0. The summed E-state index contributed by atoms with van der Waals surface area (Å²) in [7, 11) is 0. The van der Waals surface area contributed by atoms with Gasteiger partial charge in [0.15, 0.2) is 0 Å². The predicted molar refractivity (Wildman–Crippen MR) is 79.3 cm³/mol. The first-order chi connectivity index (χ1) is 8.36. The molecule has 1 rings (SSSR count). The first kappa shape index (κ1) is 15.4. The van der Waals surface area contributed by atoms with Gasteiger partial charge in [0.25, 0.3) is 0 Å². The Labute approximate surface area is 116 Å². The van der Waals surface area contributed by atoms with Gasteiger partial charge >= 0.3 is 0 Å². The molecule has 0 aromatic heterocycles. The van der Waals surface area contributed by atoms with Gasteiger partial charge in [0.05, 0.1) is 10.9 Å². The molecule has 0 saturated heterocycles. The highest BCUT2D eigenvalue weighted by Gasteiger charge is 2.35. The second-order valence-electron chi connectivity index (χ2n) is 6.15. The number of amides is 1. The maximum absolute atomic E-state index is 11.9. The summed E-state index contributed by atoms with van der Waals surface area (Å²) in [6.07, 6.45) is 6.22. The molecule has 104 valence electrons. The number of thiocarbonyl (C=S) groups is 1. The Morgan fingerprint density at radius 3 is 2.33 bits per heavy atom. The molecule has 1 saturated carbocycles. The van der Waals surface area contributed by atoms with Gasteiger partial charge in [-0.15, -0.1) is 0 Å². The second-order valence-corrected chi connectivity index (χ2v) is 6.62. The van der Waals surface area contributed by atoms with Crippen molar-refractivity contribution in [2.24, 2.45) is 23.0 Å². The molecule has 0 aliphatic heterocycles. The van der Waals surface area contributed by atoms with Gasteiger partial charge < -0.3 is 11.1 Å². The average molecular weight is 270 g/mol. The molecule has 0 radical (unpaired) electrons. The molecule has 4 heteroatoms. The lowest BCUT2D eigenvalue weighted by Gasteiger charge is -2.31. The molecular weight excluding hydrogens is 244 g/mol. The first-order valence-electron chi connectivity index (χ1n) is 6.93. The van der Waals surface area contributed by atoms with Gasteiger partial charge in [0.1, 0.15) is 0 Å². The SMILES string of the molecule is CC(C)CC1(CNC(=O)C(C)C(N)=S)CCCC1. The Bertz CT molecular complexity index is 309. The minimum Gasteiger partial charge on any atom is -0.393 e. The van der Waals surface area contributed by atoms with Crippen LogP contribution in [0, 0.1) is 17.3 Å². The highest BCUT2D eigenvalue weighted by atomic mass is 32.1. The van der Waals surface area contributed by atoms with Crippen LogP contribution in [0.25, 0.3) is 0 Å². The molecule has 3 nitrogen and oxygen atoms in total. The molecule has 0 aromatic rings. The number of nitrogens with two attached hydrogens (primary N) is 1. The molecule has 1 aliphatic carbocycles. The summed E-state index contributed by atoms with van der Waals surface area (Å²) >= 11 is 4.86. The lowest BCUT2D eigenvalue weighted by Crippen LogP contribution is -2.42. The molecule has 0 heterocycles. The quantitative estimate of drug-likeness (QED) is 0.730. The summed E-state index contributed by atoms with van der Waals surface area (Å²) in [5, 5.41) is 3.05. The van der Waals surface area contributed by atoms with Crippen LogP contribution in [-0.4, -0.2) is 17.4 Å². The summed E-state index contributed by atoms with van der Waals surface area (Å²) in [4.78, 5) is 12.2. The maximum atomic E-state index is 11.9. The molecular formula is C14H26N2OS. The summed E-state index contributed by atoms with van der Waals surface area (Å²) in [6, 6.07) is 0. The van der Waals surface area contributed by atoms with Gasteiger partial charge in [-0.05, 0) is 37.5 Å². The lowest BCUT2D eigenvalue weighted by atomic mass is 9.78. The Hall–Kier alpha value is -0.640. The molecule has 18 heavy (non-hydrogen) atoms. The van der Waals surface area contributed by atoms with E-state index in [1.54, 1.807) is 6.92 Å². The zero-order chi connectivity index (χ0) is 13.8. The van der Waals surface area contributed by atoms with Crippen molar-refractivity contribution in [1.29, 1.82) is 0 Å². The first-order valence-corrected chi connectivity index (χ1v) is 7.34. The molecule has 1 aliphatic rings. The molecule has 1 atom stereocenters. The summed E-state index contributed by atoms with van der Waals surface area (Å²) in [6.45, 7) is 7.04. The van der Waals surface area contributed by atoms with Crippen molar-refractivity contribution >= 4 is 23.1 Å². The lowest BCUT2D eigenvalue weighted by molar-refractivity contribution is -0.123. The van der Waals surface area contributed by atoms with E-state index < -0.39 is 0 Å². The van der Waals surface area contributed by atoms with E-state index in [1.165, 1.54) is 32.1 Å². The van der Waals surface area contributed by atoms with Crippen molar-refractivity contribution in [2.45, 2.75) is 52.9 Å². The molecule has 0 aromatic carbocycles. The van der Waals surface area contributed by atoms with Gasteiger partial charge in [-0.25, -0.2) is 0 Å². The third kappa shape index (κ3) is 4.23. The molecule has 0 spiro atoms. The Balaban J connectivity index is 2.53. The highest BCUT2D eigenvalue weighted by molar-refractivity contribution is 7.80. The fourth-order valence-corrected chi connectivity index (χ4v) is 3.11. The maximum Gasteiger partial charge on any atom is 0.229 e. The van der Waals surface area contributed by atoms with Crippen molar-refractivity contribution in [2.75, 3.05) is 6.54 Å². The van der Waals surface area contributed by atoms with Gasteiger partial charge in [0, 0.05) is 6.54 Å². The van der Waals surface area contributed by atoms with Gasteiger partial charge in [0.2, 0.25) is 5.91 Å². The van der Waals surface area contributed by atoms with Crippen LogP contribution in [0.15, 0.2) is 0 Å². The van der Waals surface area contributed by atoms with Crippen molar-refractivity contribution in [3.05, 3.63) is 0 Å². The van der Waals surface area contributed by atoms with Crippen LogP contribution in [0.1, 0.15) is 52.9 Å². The molecule has 1 amide bonds. The second kappa shape index (κ2) is 6.50. The van der Waals surface area contributed by atoms with Crippen molar-refractivity contribution in [1.82, 2.24) is 5.32 Å². The van der Waals surface area contributed by atoms with E-state index in [0.717, 1.165) is 6.54 Å². The Kier molecular flexibility index (Phi) is 5.57. The fourth-order valence-electron chi connectivity index (χ4n) is 3.00. The standard InChI is InChI=1S/C14H26N2OS/c1-10(2)8-14(6-4-5-7-14)9-16-13(17)11(3)12(15)18/h10-11H,4-9H2,1-3H3,(H2,15,18)(H,16,17). The van der Waals surface area contributed by atoms with E-state index in [-0.39, 0.29) is 16.8 Å². The van der Waals surface area contributed by atoms with Crippen LogP contribution in [0.2, 0.25) is 0 Å². The highest BCUT2D eigenvalue weighted by Crippen LogP contribution is 2.42. The molecule has 0 bridgehead atoms. The van der Waals surface area contributed by atoms with Crippen molar-refractivity contribution in [3.63, 3.8) is 0 Å². The van der Waals surface area contributed by atoms with Crippen molar-refractivity contribution in [3.8, 4) is 0 Å². The van der Waals surface area contributed by atoms with E-state index in [0.29, 0.717) is 11.3 Å². The molecule has 1 unspecified atom stereocenters. The summed E-state index contributed by atoms with van der Waals surface area (Å²) in [5.74, 6) is 0.281. The number of rotatable bonds is 6. The monoisotopic (exact) mass is 270 g/mol. The number of nitrogens with one attached hydrogen (secondary N) is 1. The van der Waals surface area contributed by atoms with E-state index in [2.05, 4.69) is 19.2 Å². The van der Waals surface area contributed by atoms with Gasteiger partial charge in [-0.1, -0.05) is 38.9 Å². The predicted octanol–water partition coefficient (Wildman–Crippen LogP) is 2.63. The molecule has 3 N–H and O–H groups in total. The fraction of sp³-hybridized carbons (Fsp3) is 0.857. The van der Waals surface area contributed by atoms with Crippen LogP contribution in [0.4, 0.5) is 0 Å². The number of carbonyl (C=O) groups is 1. The minimum atomic E-state index is -0.363. The number of hydrogen-bond donors (Lipinski definition) is 2. The van der Waals surface area contributed by atoms with E-state index in [4.69, 9.17) is 18.0 Å². The summed E-state index contributed by atoms with van der Waals surface area (Å²) in [5.41, 5.74) is 5.81. The third-order valence-electron chi connectivity index (χ3n) is 3.96. The normalized spacial score (nSPS) is 19.8. The topological polar surface area (TPSA) is 55.1 Å². The van der Waals surface area contributed by atoms with E-state index in [1.807, 2.05) is 0 Å². The third-order valence-corrected chi connectivity index (χ3v) is 4.32. The van der Waals surface area contributed by atoms with Gasteiger partial charge in [-0.2, -0.15) is 0 Å². The van der Waals surface area contributed by atoms with Crippen LogP contribution >= 0.6 is 12.2 Å². The smallest absolute Gasteiger partial charge is 0.229 e. The molecule has 1 fully saturated rings. The average Bonchev–Trinajstić information content (AvgIpc) is 2.72. The largest absolute Gasteiger partial charge is 0.393 e.